The van der Waals surface area contributed by atoms with Crippen molar-refractivity contribution in [3.8, 4) is 0 Å². The number of nitrogens with one attached hydrogen (secondary N) is 1. The van der Waals surface area contributed by atoms with Gasteiger partial charge in [0.05, 0.1) is 10.5 Å². The smallest absolute Gasteiger partial charge is 0.335 e. The maximum atomic E-state index is 11.0. The van der Waals surface area contributed by atoms with Gasteiger partial charge in [-0.2, -0.15) is 0 Å². The molecule has 0 amide bonds. The zero-order valence-electron chi connectivity index (χ0n) is 10.7. The third-order valence-corrected chi connectivity index (χ3v) is 3.31. The molecule has 0 aliphatic carbocycles. The molecule has 6 nitrogen and oxygen atoms in total. The average molecular weight is 351 g/mol. The molecule has 0 saturated carbocycles. The summed E-state index contributed by atoms with van der Waals surface area (Å²) in [5.41, 5.74) is 1.24. The van der Waals surface area contributed by atoms with E-state index in [4.69, 9.17) is 5.11 Å². The van der Waals surface area contributed by atoms with Gasteiger partial charge >= 0.3 is 5.97 Å². The zero-order chi connectivity index (χ0) is 15.4. The highest BCUT2D eigenvalue weighted by Crippen LogP contribution is 2.28. The van der Waals surface area contributed by atoms with Crippen LogP contribution >= 0.6 is 15.9 Å². The summed E-state index contributed by atoms with van der Waals surface area (Å²) in [4.78, 5) is 21.4. The summed E-state index contributed by atoms with van der Waals surface area (Å²) in [7, 11) is 0. The SMILES string of the molecule is O=C(O)c1cccc(CNc2cc(Br)ccc2[N+](=O)[O-])c1. The maximum absolute atomic E-state index is 11.0. The van der Waals surface area contributed by atoms with Crippen LogP contribution in [0, 0.1) is 10.1 Å². The van der Waals surface area contributed by atoms with Crippen molar-refractivity contribution >= 4 is 33.3 Å². The van der Waals surface area contributed by atoms with E-state index in [0.717, 1.165) is 10.0 Å². The summed E-state index contributed by atoms with van der Waals surface area (Å²) in [5, 5.41) is 22.8. The van der Waals surface area contributed by atoms with Crippen molar-refractivity contribution in [2.24, 2.45) is 0 Å². The molecule has 0 unspecified atom stereocenters. The fraction of sp³-hybridized carbons (Fsp3) is 0.0714. The fourth-order valence-corrected chi connectivity index (χ4v) is 2.18. The molecule has 0 atom stereocenters. The third kappa shape index (κ3) is 3.79. The zero-order valence-corrected chi connectivity index (χ0v) is 12.3. The predicted molar refractivity (Wildman–Crippen MR) is 81.5 cm³/mol. The highest BCUT2D eigenvalue weighted by molar-refractivity contribution is 9.10. The summed E-state index contributed by atoms with van der Waals surface area (Å²) in [5.74, 6) is -1.01. The average Bonchev–Trinajstić information content (AvgIpc) is 2.45. The summed E-state index contributed by atoms with van der Waals surface area (Å²) in [6.07, 6.45) is 0. The van der Waals surface area contributed by atoms with Gasteiger partial charge in [0.25, 0.3) is 5.69 Å². The lowest BCUT2D eigenvalue weighted by Crippen LogP contribution is -2.04. The second-order valence-electron chi connectivity index (χ2n) is 4.28. The standard InChI is InChI=1S/C14H11BrN2O4/c15-11-4-5-13(17(20)21)12(7-11)16-8-9-2-1-3-10(6-9)14(18)19/h1-7,16H,8H2,(H,18,19). The van der Waals surface area contributed by atoms with Crippen LogP contribution in [0.2, 0.25) is 0 Å². The van der Waals surface area contributed by atoms with E-state index in [0.29, 0.717) is 12.2 Å². The van der Waals surface area contributed by atoms with Crippen LogP contribution < -0.4 is 5.32 Å². The number of anilines is 1. The van der Waals surface area contributed by atoms with Crippen LogP contribution in [0.1, 0.15) is 15.9 Å². The fourth-order valence-electron chi connectivity index (χ4n) is 1.82. The second-order valence-corrected chi connectivity index (χ2v) is 5.19. The Morgan fingerprint density at radius 3 is 2.71 bits per heavy atom. The highest BCUT2D eigenvalue weighted by atomic mass is 79.9. The molecule has 2 rings (SSSR count). The lowest BCUT2D eigenvalue weighted by Gasteiger charge is -2.08. The van der Waals surface area contributed by atoms with E-state index >= 15 is 0 Å². The number of carboxylic acids is 1. The first kappa shape index (κ1) is 15.0. The van der Waals surface area contributed by atoms with Crippen molar-refractivity contribution in [3.05, 3.63) is 68.2 Å². The predicted octanol–water partition coefficient (Wildman–Crippen LogP) is 3.67. The van der Waals surface area contributed by atoms with E-state index in [1.54, 1.807) is 24.3 Å². The summed E-state index contributed by atoms with van der Waals surface area (Å²) >= 11 is 3.26. The van der Waals surface area contributed by atoms with Crippen molar-refractivity contribution in [1.29, 1.82) is 0 Å². The molecule has 21 heavy (non-hydrogen) atoms. The van der Waals surface area contributed by atoms with Gasteiger partial charge < -0.3 is 10.4 Å². The van der Waals surface area contributed by atoms with E-state index in [1.807, 2.05) is 0 Å². The molecule has 108 valence electrons. The Kier molecular flexibility index (Phi) is 4.54. The largest absolute Gasteiger partial charge is 0.478 e. The van der Waals surface area contributed by atoms with Crippen molar-refractivity contribution in [2.45, 2.75) is 6.54 Å². The summed E-state index contributed by atoms with van der Waals surface area (Å²) in [6.45, 7) is 0.290. The van der Waals surface area contributed by atoms with Crippen LogP contribution in [0.4, 0.5) is 11.4 Å². The minimum Gasteiger partial charge on any atom is -0.478 e. The number of nitro benzene ring substituents is 1. The molecule has 2 aromatic rings. The van der Waals surface area contributed by atoms with Crippen LogP contribution in [0.3, 0.4) is 0 Å². The molecule has 0 aliphatic heterocycles. The number of hydrogen-bond acceptors (Lipinski definition) is 4. The van der Waals surface area contributed by atoms with Gasteiger partial charge in [0.15, 0.2) is 0 Å². The Bertz CT molecular complexity index is 703. The molecule has 7 heteroatoms. The molecular weight excluding hydrogens is 340 g/mol. The minimum absolute atomic E-state index is 0.0346. The van der Waals surface area contributed by atoms with Crippen molar-refractivity contribution in [2.75, 3.05) is 5.32 Å². The Morgan fingerprint density at radius 1 is 1.29 bits per heavy atom. The molecular formula is C14H11BrN2O4. The van der Waals surface area contributed by atoms with Crippen LogP contribution in [0.5, 0.6) is 0 Å². The van der Waals surface area contributed by atoms with Crippen LogP contribution in [-0.4, -0.2) is 16.0 Å². The first-order chi connectivity index (χ1) is 9.97. The van der Waals surface area contributed by atoms with E-state index in [1.165, 1.54) is 18.2 Å². The molecule has 0 aromatic heterocycles. The minimum atomic E-state index is -1.01. The molecule has 0 bridgehead atoms. The number of benzene rings is 2. The number of halogens is 1. The lowest BCUT2D eigenvalue weighted by atomic mass is 10.1. The molecule has 0 radical (unpaired) electrons. The molecule has 2 aromatic carbocycles. The normalized spacial score (nSPS) is 10.1. The van der Waals surface area contributed by atoms with Gasteiger partial charge in [0.1, 0.15) is 5.69 Å². The van der Waals surface area contributed by atoms with Crippen LogP contribution in [-0.2, 0) is 6.54 Å². The van der Waals surface area contributed by atoms with Gasteiger partial charge in [-0.1, -0.05) is 28.1 Å². The highest BCUT2D eigenvalue weighted by Gasteiger charge is 2.13. The molecule has 0 saturated heterocycles. The maximum Gasteiger partial charge on any atom is 0.335 e. The molecule has 2 N–H and O–H groups in total. The summed E-state index contributed by atoms with van der Waals surface area (Å²) in [6, 6.07) is 11.0. The molecule has 0 fully saturated rings. The first-order valence-electron chi connectivity index (χ1n) is 5.97. The topological polar surface area (TPSA) is 92.5 Å². The van der Waals surface area contributed by atoms with Crippen molar-refractivity contribution < 1.29 is 14.8 Å². The number of rotatable bonds is 5. The summed E-state index contributed by atoms with van der Waals surface area (Å²) < 4.78 is 0.717. The number of aromatic carboxylic acids is 1. The molecule has 0 aliphatic rings. The van der Waals surface area contributed by atoms with Crippen LogP contribution in [0.15, 0.2) is 46.9 Å². The van der Waals surface area contributed by atoms with Gasteiger partial charge in [0, 0.05) is 17.1 Å². The Hall–Kier alpha value is -2.41. The number of nitrogens with zero attached hydrogens (tertiary/aromatic N) is 1. The monoisotopic (exact) mass is 350 g/mol. The number of hydrogen-bond donors (Lipinski definition) is 2. The lowest BCUT2D eigenvalue weighted by molar-refractivity contribution is -0.384. The van der Waals surface area contributed by atoms with Gasteiger partial charge in [-0.25, -0.2) is 4.79 Å². The van der Waals surface area contributed by atoms with E-state index in [9.17, 15) is 14.9 Å². The van der Waals surface area contributed by atoms with E-state index < -0.39 is 10.9 Å². The van der Waals surface area contributed by atoms with Gasteiger partial charge in [-0.15, -0.1) is 0 Å². The third-order valence-electron chi connectivity index (χ3n) is 2.81. The Labute approximate surface area is 128 Å². The Balaban J connectivity index is 2.20. The number of nitro groups is 1. The van der Waals surface area contributed by atoms with Crippen molar-refractivity contribution in [3.63, 3.8) is 0 Å². The van der Waals surface area contributed by atoms with E-state index in [2.05, 4.69) is 21.2 Å². The molecule has 0 spiro atoms. The quantitative estimate of drug-likeness (QED) is 0.633. The first-order valence-corrected chi connectivity index (χ1v) is 6.76. The van der Waals surface area contributed by atoms with E-state index in [-0.39, 0.29) is 11.3 Å². The van der Waals surface area contributed by atoms with Crippen LogP contribution in [0.25, 0.3) is 0 Å². The van der Waals surface area contributed by atoms with Crippen molar-refractivity contribution in [1.82, 2.24) is 0 Å². The molecule has 0 heterocycles. The van der Waals surface area contributed by atoms with Gasteiger partial charge in [-0.3, -0.25) is 10.1 Å². The Morgan fingerprint density at radius 2 is 2.05 bits per heavy atom. The van der Waals surface area contributed by atoms with Gasteiger partial charge in [-0.05, 0) is 29.8 Å². The number of carboxylic acid groups (broad SMARTS) is 1. The van der Waals surface area contributed by atoms with Gasteiger partial charge in [0.2, 0.25) is 0 Å². The number of carbonyl (C=O) groups is 1. The second kappa shape index (κ2) is 6.36.